The van der Waals surface area contributed by atoms with E-state index in [1.165, 1.54) is 0 Å². The molecule has 0 bridgehead atoms. The van der Waals surface area contributed by atoms with Gasteiger partial charge in [0.15, 0.2) is 0 Å². The minimum atomic E-state index is -0.888. The molecule has 0 fully saturated rings. The zero-order chi connectivity index (χ0) is 20.8. The Morgan fingerprint density at radius 3 is 2.66 bits per heavy atom. The molecule has 0 spiro atoms. The van der Waals surface area contributed by atoms with E-state index in [0.29, 0.717) is 31.3 Å². The summed E-state index contributed by atoms with van der Waals surface area (Å²) in [5.74, 6) is 1.23. The van der Waals surface area contributed by atoms with Gasteiger partial charge in [-0.2, -0.15) is 0 Å². The van der Waals surface area contributed by atoms with Crippen molar-refractivity contribution in [3.8, 4) is 16.5 Å². The van der Waals surface area contributed by atoms with Gasteiger partial charge in [-0.25, -0.2) is 4.98 Å². The fraction of sp³-hybridized carbons (Fsp3) is 0.333. The van der Waals surface area contributed by atoms with Crippen molar-refractivity contribution in [2.75, 3.05) is 13.2 Å². The quantitative estimate of drug-likeness (QED) is 0.404. The lowest BCUT2D eigenvalue weighted by Gasteiger charge is -2.16. The molecule has 0 aliphatic carbocycles. The molecule has 3 aromatic rings. The summed E-state index contributed by atoms with van der Waals surface area (Å²) in [6.07, 6.45) is 0.104. The highest BCUT2D eigenvalue weighted by Crippen LogP contribution is 2.32. The highest BCUT2D eigenvalue weighted by molar-refractivity contribution is 9.11. The van der Waals surface area contributed by atoms with Crippen LogP contribution in [0.2, 0.25) is 0 Å². The third-order valence-corrected chi connectivity index (χ3v) is 5.88. The number of rotatable bonds is 10. The van der Waals surface area contributed by atoms with E-state index < -0.39 is 12.1 Å². The molecule has 3 rings (SSSR count). The number of aryl methyl sites for hydroxylation is 1. The molecule has 0 amide bonds. The first-order valence-corrected chi connectivity index (χ1v) is 10.9. The zero-order valence-electron chi connectivity index (χ0n) is 16.2. The van der Waals surface area contributed by atoms with Crippen molar-refractivity contribution < 1.29 is 23.8 Å². The van der Waals surface area contributed by atoms with E-state index >= 15 is 0 Å². The van der Waals surface area contributed by atoms with Gasteiger partial charge >= 0.3 is 5.97 Å². The number of halogens is 1. The molecule has 2 heterocycles. The van der Waals surface area contributed by atoms with Crippen LogP contribution in [-0.4, -0.2) is 29.3 Å². The Balaban J connectivity index is 1.57. The second kappa shape index (κ2) is 10.0. The first-order valence-electron chi connectivity index (χ1n) is 9.24. The van der Waals surface area contributed by atoms with Gasteiger partial charge in [0.05, 0.1) is 33.5 Å². The van der Waals surface area contributed by atoms with Crippen LogP contribution >= 0.6 is 27.3 Å². The molecule has 2 aromatic heterocycles. The Hall–Kier alpha value is -2.16. The molecule has 1 atom stereocenters. The van der Waals surface area contributed by atoms with E-state index in [-0.39, 0.29) is 6.42 Å². The van der Waals surface area contributed by atoms with E-state index in [4.69, 9.17) is 19.0 Å². The van der Waals surface area contributed by atoms with Gasteiger partial charge in [-0.15, -0.1) is 11.3 Å². The molecule has 154 valence electrons. The van der Waals surface area contributed by atoms with Crippen LogP contribution in [-0.2, 0) is 16.0 Å². The Morgan fingerprint density at radius 2 is 2.03 bits per heavy atom. The molecule has 8 heteroatoms. The molecular formula is C21H22BrNO5S. The average Bonchev–Trinajstić information content (AvgIpc) is 3.27. The lowest BCUT2D eigenvalue weighted by Crippen LogP contribution is -2.10. The maximum atomic E-state index is 11.0. The molecule has 0 saturated carbocycles. The smallest absolute Gasteiger partial charge is 0.306 e. The van der Waals surface area contributed by atoms with Crippen LogP contribution in [0.15, 0.2) is 44.6 Å². The summed E-state index contributed by atoms with van der Waals surface area (Å²) in [6.45, 7) is 4.67. The van der Waals surface area contributed by atoms with Crippen LogP contribution in [0.25, 0.3) is 10.8 Å². The number of carboxylic acid groups (broad SMARTS) is 1. The van der Waals surface area contributed by atoms with Crippen molar-refractivity contribution in [3.05, 3.63) is 57.2 Å². The van der Waals surface area contributed by atoms with Gasteiger partial charge in [0.2, 0.25) is 5.89 Å². The number of nitrogens with zero attached hydrogens (tertiary/aromatic N) is 1. The largest absolute Gasteiger partial charge is 0.493 e. The minimum Gasteiger partial charge on any atom is -0.493 e. The molecule has 1 unspecified atom stereocenters. The number of hydrogen-bond acceptors (Lipinski definition) is 6. The number of hydrogen-bond donors (Lipinski definition) is 1. The number of thiophene rings is 1. The number of benzene rings is 1. The van der Waals surface area contributed by atoms with Gasteiger partial charge in [-0.3, -0.25) is 4.79 Å². The first-order chi connectivity index (χ1) is 14.0. The third kappa shape index (κ3) is 5.91. The van der Waals surface area contributed by atoms with E-state index in [1.54, 1.807) is 11.3 Å². The van der Waals surface area contributed by atoms with Crippen LogP contribution in [0.1, 0.15) is 36.5 Å². The summed E-state index contributed by atoms with van der Waals surface area (Å²) in [7, 11) is 0. The monoisotopic (exact) mass is 479 g/mol. The summed E-state index contributed by atoms with van der Waals surface area (Å²) < 4.78 is 18.2. The fourth-order valence-corrected chi connectivity index (χ4v) is 4.18. The SMILES string of the molecule is CCOC(CC(=O)O)c1ccc(OCCc2nc(-c3ccc(Br)s3)oc2C)cc1. The van der Waals surface area contributed by atoms with Crippen molar-refractivity contribution in [2.45, 2.75) is 32.8 Å². The fourth-order valence-electron chi connectivity index (χ4n) is 2.87. The second-order valence-corrected chi connectivity index (χ2v) is 8.80. The van der Waals surface area contributed by atoms with Gasteiger partial charge in [0.1, 0.15) is 11.5 Å². The summed E-state index contributed by atoms with van der Waals surface area (Å²) in [6, 6.07) is 11.3. The summed E-state index contributed by atoms with van der Waals surface area (Å²) in [5.41, 5.74) is 1.69. The van der Waals surface area contributed by atoms with E-state index in [9.17, 15) is 4.79 Å². The van der Waals surface area contributed by atoms with E-state index in [1.807, 2.05) is 50.2 Å². The average molecular weight is 480 g/mol. The molecule has 1 N–H and O–H groups in total. The molecular weight excluding hydrogens is 458 g/mol. The van der Waals surface area contributed by atoms with Gasteiger partial charge in [-0.1, -0.05) is 12.1 Å². The number of aliphatic carboxylic acids is 1. The maximum absolute atomic E-state index is 11.0. The maximum Gasteiger partial charge on any atom is 0.306 e. The standard InChI is InChI=1S/C21H22BrNO5S/c1-3-26-17(12-20(24)25)14-4-6-15(7-5-14)27-11-10-16-13(2)28-21(23-16)18-8-9-19(22)29-18/h4-9,17H,3,10-12H2,1-2H3,(H,24,25). The molecule has 0 saturated heterocycles. The van der Waals surface area contributed by atoms with Crippen molar-refractivity contribution in [1.29, 1.82) is 0 Å². The summed E-state index contributed by atoms with van der Waals surface area (Å²) in [4.78, 5) is 16.6. The van der Waals surface area contributed by atoms with Crippen molar-refractivity contribution in [2.24, 2.45) is 0 Å². The van der Waals surface area contributed by atoms with Gasteiger partial charge in [0, 0.05) is 13.0 Å². The minimum absolute atomic E-state index is 0.0668. The number of ether oxygens (including phenoxy) is 2. The Kier molecular flexibility index (Phi) is 7.46. The predicted molar refractivity (Wildman–Crippen MR) is 115 cm³/mol. The van der Waals surface area contributed by atoms with Crippen molar-refractivity contribution in [1.82, 2.24) is 4.98 Å². The lowest BCUT2D eigenvalue weighted by atomic mass is 10.1. The van der Waals surface area contributed by atoms with Crippen LogP contribution < -0.4 is 4.74 Å². The number of oxazole rings is 1. The molecule has 0 aliphatic heterocycles. The molecule has 0 radical (unpaired) electrons. The van der Waals surface area contributed by atoms with Crippen molar-refractivity contribution >= 4 is 33.2 Å². The lowest BCUT2D eigenvalue weighted by molar-refractivity contribution is -0.140. The predicted octanol–water partition coefficient (Wildman–Crippen LogP) is 5.65. The molecule has 1 aromatic carbocycles. The second-order valence-electron chi connectivity index (χ2n) is 6.33. The van der Waals surface area contributed by atoms with Crippen LogP contribution in [0.4, 0.5) is 0 Å². The zero-order valence-corrected chi connectivity index (χ0v) is 18.6. The van der Waals surface area contributed by atoms with Crippen molar-refractivity contribution in [3.63, 3.8) is 0 Å². The summed E-state index contributed by atoms with van der Waals surface area (Å²) in [5, 5.41) is 9.03. The topological polar surface area (TPSA) is 81.8 Å². The normalized spacial score (nSPS) is 12.1. The van der Waals surface area contributed by atoms with Gasteiger partial charge in [0.25, 0.3) is 0 Å². The van der Waals surface area contributed by atoms with Gasteiger partial charge in [-0.05, 0) is 59.6 Å². The highest BCUT2D eigenvalue weighted by Gasteiger charge is 2.16. The van der Waals surface area contributed by atoms with Gasteiger partial charge < -0.3 is 19.0 Å². The Morgan fingerprint density at radius 1 is 1.28 bits per heavy atom. The Labute approximate surface area is 181 Å². The number of aromatic nitrogens is 1. The molecule has 29 heavy (non-hydrogen) atoms. The number of carbonyl (C=O) groups is 1. The highest BCUT2D eigenvalue weighted by atomic mass is 79.9. The van der Waals surface area contributed by atoms with Crippen LogP contribution in [0, 0.1) is 6.92 Å². The number of carboxylic acids is 1. The first kappa shape index (κ1) is 21.5. The Bertz CT molecular complexity index is 950. The van der Waals surface area contributed by atoms with Crippen LogP contribution in [0.5, 0.6) is 5.75 Å². The summed E-state index contributed by atoms with van der Waals surface area (Å²) >= 11 is 5.03. The van der Waals surface area contributed by atoms with E-state index in [2.05, 4.69) is 20.9 Å². The van der Waals surface area contributed by atoms with E-state index in [0.717, 1.165) is 25.7 Å². The molecule has 6 nitrogen and oxygen atoms in total. The third-order valence-electron chi connectivity index (χ3n) is 4.26. The van der Waals surface area contributed by atoms with Crippen LogP contribution in [0.3, 0.4) is 0 Å². The molecule has 0 aliphatic rings.